The molecular formula is C17H27FN2O. The Morgan fingerprint density at radius 3 is 2.76 bits per heavy atom. The molecule has 0 radical (unpaired) electrons. The summed E-state index contributed by atoms with van der Waals surface area (Å²) in [6.45, 7) is 8.89. The van der Waals surface area contributed by atoms with Crippen LogP contribution in [0.25, 0.3) is 0 Å². The van der Waals surface area contributed by atoms with Gasteiger partial charge in [0.05, 0.1) is 0 Å². The van der Waals surface area contributed by atoms with Crippen molar-refractivity contribution < 1.29 is 9.13 Å². The molecular weight excluding hydrogens is 267 g/mol. The van der Waals surface area contributed by atoms with E-state index in [1.54, 1.807) is 0 Å². The summed E-state index contributed by atoms with van der Waals surface area (Å²) < 4.78 is 19.3. The minimum Gasteiger partial charge on any atom is -0.492 e. The molecule has 0 saturated carbocycles. The Balaban J connectivity index is 1.92. The average Bonchev–Trinajstić information content (AvgIpc) is 2.49. The van der Waals surface area contributed by atoms with Crippen molar-refractivity contribution in [3.05, 3.63) is 29.6 Å². The lowest BCUT2D eigenvalue weighted by Crippen LogP contribution is -2.33. The fourth-order valence-corrected chi connectivity index (χ4v) is 2.87. The van der Waals surface area contributed by atoms with Crippen LogP contribution in [-0.4, -0.2) is 37.7 Å². The molecule has 0 spiro atoms. The summed E-state index contributed by atoms with van der Waals surface area (Å²) in [5.74, 6) is 0.427. The van der Waals surface area contributed by atoms with E-state index in [0.717, 1.165) is 31.7 Å². The number of piperidine rings is 1. The smallest absolute Gasteiger partial charge is 0.127 e. The summed E-state index contributed by atoms with van der Waals surface area (Å²) in [6, 6.07) is 4.99. The van der Waals surface area contributed by atoms with E-state index >= 15 is 0 Å². The van der Waals surface area contributed by atoms with Gasteiger partial charge in [0.25, 0.3) is 0 Å². The number of nitrogens with one attached hydrogen (secondary N) is 1. The van der Waals surface area contributed by atoms with Gasteiger partial charge in [-0.3, -0.25) is 4.90 Å². The van der Waals surface area contributed by atoms with Gasteiger partial charge in [-0.15, -0.1) is 0 Å². The number of likely N-dealkylation sites (tertiary alicyclic amines) is 1. The van der Waals surface area contributed by atoms with Gasteiger partial charge in [-0.05, 0) is 45.5 Å². The molecule has 0 aromatic heterocycles. The first kappa shape index (κ1) is 16.2. The molecule has 118 valence electrons. The lowest BCUT2D eigenvalue weighted by molar-refractivity contribution is 0.182. The molecule has 1 N–H and O–H groups in total. The van der Waals surface area contributed by atoms with Crippen molar-refractivity contribution in [2.75, 3.05) is 32.8 Å². The molecule has 1 saturated heterocycles. The first-order chi connectivity index (χ1) is 10.2. The lowest BCUT2D eigenvalue weighted by atomic mass is 10.1. The zero-order valence-corrected chi connectivity index (χ0v) is 13.2. The monoisotopic (exact) mass is 294 g/mol. The molecule has 1 fully saturated rings. The molecule has 1 aliphatic heterocycles. The molecule has 0 bridgehead atoms. The lowest BCUT2D eigenvalue weighted by Gasteiger charge is -2.26. The van der Waals surface area contributed by atoms with Crippen molar-refractivity contribution in [2.45, 2.75) is 39.2 Å². The van der Waals surface area contributed by atoms with E-state index in [4.69, 9.17) is 4.74 Å². The Morgan fingerprint density at radius 1 is 1.29 bits per heavy atom. The quantitative estimate of drug-likeness (QED) is 0.834. The summed E-state index contributed by atoms with van der Waals surface area (Å²) in [5.41, 5.74) is 1.02. The van der Waals surface area contributed by atoms with Gasteiger partial charge in [-0.2, -0.15) is 0 Å². The van der Waals surface area contributed by atoms with E-state index in [1.807, 2.05) is 6.07 Å². The largest absolute Gasteiger partial charge is 0.492 e. The van der Waals surface area contributed by atoms with Crippen LogP contribution in [0.3, 0.4) is 0 Å². The summed E-state index contributed by atoms with van der Waals surface area (Å²) in [6.07, 6.45) is 3.90. The van der Waals surface area contributed by atoms with Gasteiger partial charge >= 0.3 is 0 Å². The Hall–Kier alpha value is -1.13. The topological polar surface area (TPSA) is 24.5 Å². The molecule has 0 amide bonds. The predicted molar refractivity (Wildman–Crippen MR) is 84.3 cm³/mol. The highest BCUT2D eigenvalue weighted by molar-refractivity contribution is 5.36. The number of benzene rings is 1. The second-order valence-corrected chi connectivity index (χ2v) is 5.71. The summed E-state index contributed by atoms with van der Waals surface area (Å²) in [7, 11) is 0. The molecule has 21 heavy (non-hydrogen) atoms. The molecule has 1 unspecified atom stereocenters. The third kappa shape index (κ3) is 4.97. The van der Waals surface area contributed by atoms with Gasteiger partial charge in [-0.1, -0.05) is 19.4 Å². The van der Waals surface area contributed by atoms with E-state index < -0.39 is 0 Å². The van der Waals surface area contributed by atoms with E-state index in [9.17, 15) is 4.39 Å². The summed E-state index contributed by atoms with van der Waals surface area (Å²) in [5, 5.41) is 3.35. The number of ether oxygens (including phenoxy) is 1. The van der Waals surface area contributed by atoms with E-state index in [0.29, 0.717) is 12.4 Å². The van der Waals surface area contributed by atoms with Gasteiger partial charge in [0.15, 0.2) is 0 Å². The zero-order valence-electron chi connectivity index (χ0n) is 13.2. The first-order valence-corrected chi connectivity index (χ1v) is 8.08. The number of halogens is 1. The van der Waals surface area contributed by atoms with Crippen molar-refractivity contribution >= 4 is 0 Å². The normalized spacial score (nSPS) is 17.7. The minimum absolute atomic E-state index is 0.167. The van der Waals surface area contributed by atoms with Crippen LogP contribution in [0.15, 0.2) is 18.2 Å². The van der Waals surface area contributed by atoms with Crippen LogP contribution >= 0.6 is 0 Å². The predicted octanol–water partition coefficient (Wildman–Crippen LogP) is 3.36. The molecule has 1 aliphatic rings. The van der Waals surface area contributed by atoms with Crippen LogP contribution in [-0.2, 0) is 0 Å². The molecule has 1 aromatic carbocycles. The Morgan fingerprint density at radius 2 is 2.05 bits per heavy atom. The maximum Gasteiger partial charge on any atom is 0.127 e. The van der Waals surface area contributed by atoms with Gasteiger partial charge in [0.1, 0.15) is 18.2 Å². The average molecular weight is 294 g/mol. The number of hydrogen-bond donors (Lipinski definition) is 1. The molecule has 0 aliphatic carbocycles. The van der Waals surface area contributed by atoms with Crippen LogP contribution in [0.5, 0.6) is 5.75 Å². The standard InChI is InChI=1S/C17H27FN2O/c1-3-19-14(2)16-8-7-15(18)13-17(16)21-12-11-20-9-5-4-6-10-20/h7-8,13-14,19H,3-6,9-12H2,1-2H3. The molecule has 3 nitrogen and oxygen atoms in total. The fourth-order valence-electron chi connectivity index (χ4n) is 2.87. The van der Waals surface area contributed by atoms with Crippen LogP contribution in [0.4, 0.5) is 4.39 Å². The number of rotatable bonds is 7. The zero-order chi connectivity index (χ0) is 15.1. The Labute approximate surface area is 127 Å². The van der Waals surface area contributed by atoms with E-state index in [-0.39, 0.29) is 11.9 Å². The van der Waals surface area contributed by atoms with Crippen molar-refractivity contribution in [2.24, 2.45) is 0 Å². The van der Waals surface area contributed by atoms with Crippen LogP contribution < -0.4 is 10.1 Å². The molecule has 1 aromatic rings. The second-order valence-electron chi connectivity index (χ2n) is 5.71. The summed E-state index contributed by atoms with van der Waals surface area (Å²) >= 11 is 0. The van der Waals surface area contributed by atoms with E-state index in [1.165, 1.54) is 31.4 Å². The van der Waals surface area contributed by atoms with Gasteiger partial charge in [0, 0.05) is 24.2 Å². The van der Waals surface area contributed by atoms with Crippen molar-refractivity contribution in [1.82, 2.24) is 10.2 Å². The maximum absolute atomic E-state index is 13.5. The fraction of sp³-hybridized carbons (Fsp3) is 0.647. The molecule has 1 heterocycles. The highest BCUT2D eigenvalue weighted by Gasteiger charge is 2.13. The first-order valence-electron chi connectivity index (χ1n) is 8.08. The van der Waals surface area contributed by atoms with Gasteiger partial charge in [-0.25, -0.2) is 4.39 Å². The number of hydrogen-bond acceptors (Lipinski definition) is 3. The highest BCUT2D eigenvalue weighted by Crippen LogP contribution is 2.26. The van der Waals surface area contributed by atoms with E-state index in [2.05, 4.69) is 24.1 Å². The second kappa shape index (κ2) is 8.35. The Kier molecular flexibility index (Phi) is 6.46. The summed E-state index contributed by atoms with van der Waals surface area (Å²) in [4.78, 5) is 2.43. The third-order valence-electron chi connectivity index (χ3n) is 4.07. The van der Waals surface area contributed by atoms with Crippen molar-refractivity contribution in [3.63, 3.8) is 0 Å². The van der Waals surface area contributed by atoms with Crippen molar-refractivity contribution in [3.8, 4) is 5.75 Å². The molecule has 2 rings (SSSR count). The minimum atomic E-state index is -0.240. The van der Waals surface area contributed by atoms with Gasteiger partial charge < -0.3 is 10.1 Å². The van der Waals surface area contributed by atoms with Crippen LogP contribution in [0.1, 0.15) is 44.7 Å². The number of nitrogens with zero attached hydrogens (tertiary/aromatic N) is 1. The van der Waals surface area contributed by atoms with Gasteiger partial charge in [0.2, 0.25) is 0 Å². The van der Waals surface area contributed by atoms with Crippen LogP contribution in [0.2, 0.25) is 0 Å². The maximum atomic E-state index is 13.5. The van der Waals surface area contributed by atoms with Crippen molar-refractivity contribution in [1.29, 1.82) is 0 Å². The third-order valence-corrected chi connectivity index (χ3v) is 4.07. The van der Waals surface area contributed by atoms with Crippen LogP contribution in [0, 0.1) is 5.82 Å². The molecule has 1 atom stereocenters. The molecule has 4 heteroatoms. The Bertz CT molecular complexity index is 433. The highest BCUT2D eigenvalue weighted by atomic mass is 19.1. The SMILES string of the molecule is CCNC(C)c1ccc(F)cc1OCCN1CCCCC1.